The fraction of sp³-hybridized carbons (Fsp3) is 0.143. The van der Waals surface area contributed by atoms with E-state index < -0.39 is 18.5 Å². The molecule has 0 aliphatic heterocycles. The lowest BCUT2D eigenvalue weighted by Gasteiger charge is -2.06. The summed E-state index contributed by atoms with van der Waals surface area (Å²) in [4.78, 5) is 22.4. The van der Waals surface area contributed by atoms with Crippen molar-refractivity contribution >= 4 is 28.9 Å². The average Bonchev–Trinajstić information content (AvgIpc) is 2.88. The summed E-state index contributed by atoms with van der Waals surface area (Å²) in [5.41, 5.74) is 5.01. The van der Waals surface area contributed by atoms with E-state index in [4.69, 9.17) is 10.2 Å². The number of methoxy groups -OCH3 is 1. The zero-order valence-corrected chi connectivity index (χ0v) is 11.3. The lowest BCUT2D eigenvalue weighted by atomic mass is 10.1. The van der Waals surface area contributed by atoms with Gasteiger partial charge in [-0.05, 0) is 24.3 Å². The van der Waals surface area contributed by atoms with Crippen LogP contribution < -0.4 is 10.5 Å². The summed E-state index contributed by atoms with van der Waals surface area (Å²) in [6.07, 6.45) is 2.28. The molecule has 0 saturated carbocycles. The number of halogens is 2. The van der Waals surface area contributed by atoms with Crippen LogP contribution in [0.3, 0.4) is 0 Å². The van der Waals surface area contributed by atoms with Crippen LogP contribution in [0.15, 0.2) is 28.7 Å². The monoisotopic (exact) mass is 311 g/mol. The molecule has 8 heteroatoms. The average molecular weight is 311 g/mol. The summed E-state index contributed by atoms with van der Waals surface area (Å²) in [5, 5.41) is 0.217. The number of nitrogens with two attached hydrogens (primary N) is 1. The Labute approximate surface area is 123 Å². The van der Waals surface area contributed by atoms with Gasteiger partial charge < -0.3 is 19.6 Å². The lowest BCUT2D eigenvalue weighted by molar-refractivity contribution is -0.113. The smallest absolute Gasteiger partial charge is 0.387 e. The number of amides is 1. The Balaban J connectivity index is 2.60. The number of fused-ring (bicyclic) bond motifs is 1. The second kappa shape index (κ2) is 6.25. The first-order chi connectivity index (χ1) is 10.4. The summed E-state index contributed by atoms with van der Waals surface area (Å²) in [6.45, 7) is -3.05. The molecule has 0 fully saturated rings. The lowest BCUT2D eigenvalue weighted by Crippen LogP contribution is -2.05. The molecule has 1 amide bonds. The van der Waals surface area contributed by atoms with Gasteiger partial charge in [-0.15, -0.1) is 0 Å². The van der Waals surface area contributed by atoms with Gasteiger partial charge in [-0.1, -0.05) is 0 Å². The molecular formula is C14H11F2NO5. The zero-order valence-electron chi connectivity index (χ0n) is 11.3. The van der Waals surface area contributed by atoms with Gasteiger partial charge in [-0.25, -0.2) is 4.79 Å². The fourth-order valence-electron chi connectivity index (χ4n) is 1.84. The maximum Gasteiger partial charge on any atom is 0.387 e. The van der Waals surface area contributed by atoms with E-state index in [1.165, 1.54) is 31.4 Å². The van der Waals surface area contributed by atoms with Crippen molar-refractivity contribution in [1.82, 2.24) is 0 Å². The van der Waals surface area contributed by atoms with Gasteiger partial charge in [0.2, 0.25) is 5.91 Å². The first kappa shape index (κ1) is 15.5. The molecule has 0 radical (unpaired) electrons. The summed E-state index contributed by atoms with van der Waals surface area (Å²) >= 11 is 0. The predicted octanol–water partition coefficient (Wildman–Crippen LogP) is 2.32. The van der Waals surface area contributed by atoms with Crippen molar-refractivity contribution in [1.29, 1.82) is 0 Å². The van der Waals surface area contributed by atoms with Crippen molar-refractivity contribution in [3.05, 3.63) is 35.6 Å². The molecule has 0 atom stereocenters. The number of benzene rings is 1. The number of hydrogen-bond acceptors (Lipinski definition) is 5. The minimum Gasteiger partial charge on any atom is -0.465 e. The number of carbonyl (C=O) groups excluding carboxylic acids is 2. The van der Waals surface area contributed by atoms with Crippen molar-refractivity contribution in [3.63, 3.8) is 0 Å². The minimum absolute atomic E-state index is 0.0627. The zero-order chi connectivity index (χ0) is 16.3. The van der Waals surface area contributed by atoms with E-state index in [1.54, 1.807) is 0 Å². The van der Waals surface area contributed by atoms with Gasteiger partial charge in [-0.3, -0.25) is 4.79 Å². The molecular weight excluding hydrogens is 300 g/mol. The van der Waals surface area contributed by atoms with Crippen LogP contribution in [0.4, 0.5) is 8.78 Å². The summed E-state index contributed by atoms with van der Waals surface area (Å²) in [5.74, 6) is -1.47. The minimum atomic E-state index is -3.05. The van der Waals surface area contributed by atoms with Crippen LogP contribution in [0.5, 0.6) is 5.75 Å². The molecule has 0 unspecified atom stereocenters. The van der Waals surface area contributed by atoms with E-state index in [2.05, 4.69) is 9.47 Å². The Bertz CT molecular complexity index is 751. The molecule has 6 nitrogen and oxygen atoms in total. The van der Waals surface area contributed by atoms with E-state index in [9.17, 15) is 18.4 Å². The van der Waals surface area contributed by atoms with E-state index in [0.29, 0.717) is 0 Å². The molecule has 1 aromatic carbocycles. The highest BCUT2D eigenvalue weighted by molar-refractivity contribution is 6.05. The number of esters is 1. The number of furan rings is 1. The molecule has 2 rings (SSSR count). The van der Waals surface area contributed by atoms with Gasteiger partial charge in [-0.2, -0.15) is 8.78 Å². The van der Waals surface area contributed by atoms with E-state index in [0.717, 1.165) is 6.08 Å². The molecule has 2 aromatic rings. The molecule has 0 aliphatic carbocycles. The molecule has 22 heavy (non-hydrogen) atoms. The first-order valence-corrected chi connectivity index (χ1v) is 5.99. The number of ether oxygens (including phenoxy) is 2. The number of rotatable bonds is 5. The Morgan fingerprint density at radius 1 is 1.36 bits per heavy atom. The highest BCUT2D eigenvalue weighted by atomic mass is 19.3. The van der Waals surface area contributed by atoms with Crippen molar-refractivity contribution in [2.45, 2.75) is 6.61 Å². The van der Waals surface area contributed by atoms with E-state index in [-0.39, 0.29) is 28.0 Å². The Morgan fingerprint density at radius 3 is 2.68 bits per heavy atom. The SMILES string of the molecule is COC(=O)c1ccc(OC(F)F)c2oc(/C=C\C(N)=O)cc12. The topological polar surface area (TPSA) is 91.8 Å². The van der Waals surface area contributed by atoms with Gasteiger partial charge >= 0.3 is 12.6 Å². The quantitative estimate of drug-likeness (QED) is 0.676. The van der Waals surface area contributed by atoms with Gasteiger partial charge in [0.1, 0.15) is 5.76 Å². The van der Waals surface area contributed by atoms with Crippen LogP contribution >= 0.6 is 0 Å². The molecule has 0 saturated heterocycles. The number of carbonyl (C=O) groups is 2. The second-order valence-corrected chi connectivity index (χ2v) is 4.11. The molecule has 2 N–H and O–H groups in total. The van der Waals surface area contributed by atoms with E-state index >= 15 is 0 Å². The molecule has 0 bridgehead atoms. The van der Waals surface area contributed by atoms with Gasteiger partial charge in [0.15, 0.2) is 11.3 Å². The predicted molar refractivity (Wildman–Crippen MR) is 72.4 cm³/mol. The van der Waals surface area contributed by atoms with Crippen LogP contribution in [0.25, 0.3) is 17.0 Å². The van der Waals surface area contributed by atoms with Crippen LogP contribution in [0.1, 0.15) is 16.1 Å². The third-order valence-corrected chi connectivity index (χ3v) is 2.70. The van der Waals surface area contributed by atoms with Crippen molar-refractivity contribution in [2.24, 2.45) is 5.73 Å². The Hall–Kier alpha value is -2.90. The normalized spacial score (nSPS) is 11.3. The van der Waals surface area contributed by atoms with Crippen LogP contribution in [-0.4, -0.2) is 25.6 Å². The summed E-state index contributed by atoms with van der Waals surface area (Å²) in [7, 11) is 1.19. The molecule has 1 aromatic heterocycles. The maximum atomic E-state index is 12.4. The van der Waals surface area contributed by atoms with E-state index in [1.807, 2.05) is 0 Å². The van der Waals surface area contributed by atoms with Crippen LogP contribution in [0.2, 0.25) is 0 Å². The third-order valence-electron chi connectivity index (χ3n) is 2.70. The van der Waals surface area contributed by atoms with Crippen LogP contribution in [0, 0.1) is 0 Å². The maximum absolute atomic E-state index is 12.4. The van der Waals surface area contributed by atoms with Gasteiger partial charge in [0, 0.05) is 11.5 Å². The Morgan fingerprint density at radius 2 is 2.09 bits per heavy atom. The first-order valence-electron chi connectivity index (χ1n) is 5.99. The van der Waals surface area contributed by atoms with Crippen molar-refractivity contribution in [3.8, 4) is 5.75 Å². The van der Waals surface area contributed by atoms with Gasteiger partial charge in [0.25, 0.3) is 0 Å². The van der Waals surface area contributed by atoms with Gasteiger partial charge in [0.05, 0.1) is 12.7 Å². The third kappa shape index (κ3) is 3.22. The van der Waals surface area contributed by atoms with Crippen LogP contribution in [-0.2, 0) is 9.53 Å². The highest BCUT2D eigenvalue weighted by Crippen LogP contribution is 2.33. The number of primary amides is 1. The van der Waals surface area contributed by atoms with Crippen molar-refractivity contribution < 1.29 is 32.3 Å². The fourth-order valence-corrected chi connectivity index (χ4v) is 1.84. The standard InChI is InChI=1S/C14H11F2NO5/c1-20-13(19)8-3-4-10(22-14(15)16)12-9(8)6-7(21-12)2-5-11(17)18/h2-6,14H,1H3,(H2,17,18)/b5-2-. The molecule has 0 aliphatic rings. The number of alkyl halides is 2. The molecule has 1 heterocycles. The molecule has 0 spiro atoms. The Kier molecular flexibility index (Phi) is 4.40. The molecule has 116 valence electrons. The largest absolute Gasteiger partial charge is 0.465 e. The number of hydrogen-bond donors (Lipinski definition) is 1. The second-order valence-electron chi connectivity index (χ2n) is 4.11. The van der Waals surface area contributed by atoms with Crippen molar-refractivity contribution in [2.75, 3.05) is 7.11 Å². The summed E-state index contributed by atoms with van der Waals surface area (Å²) in [6, 6.07) is 3.84. The highest BCUT2D eigenvalue weighted by Gasteiger charge is 2.19. The summed E-state index contributed by atoms with van der Waals surface area (Å²) < 4.78 is 39.1.